The van der Waals surface area contributed by atoms with Gasteiger partial charge in [0.1, 0.15) is 5.76 Å². The van der Waals surface area contributed by atoms with Crippen LogP contribution in [0.25, 0.3) is 0 Å². The van der Waals surface area contributed by atoms with Crippen LogP contribution in [0.2, 0.25) is 0 Å². The first-order valence-corrected chi connectivity index (χ1v) is 4.49. The van der Waals surface area contributed by atoms with Gasteiger partial charge in [0.05, 0.1) is 5.69 Å². The second kappa shape index (κ2) is 3.30. The quantitative estimate of drug-likeness (QED) is 0.675. The zero-order valence-corrected chi connectivity index (χ0v) is 8.51. The van der Waals surface area contributed by atoms with Crippen LogP contribution in [0.15, 0.2) is 4.42 Å². The summed E-state index contributed by atoms with van der Waals surface area (Å²) in [4.78, 5) is 4.44. The van der Waals surface area contributed by atoms with Crippen LogP contribution in [-0.4, -0.2) is 4.98 Å². The van der Waals surface area contributed by atoms with Crippen LogP contribution in [0, 0.1) is 6.92 Å². The molecular formula is C10H17NO. The Bertz CT molecular complexity index is 261. The van der Waals surface area contributed by atoms with E-state index in [1.807, 2.05) is 6.92 Å². The van der Waals surface area contributed by atoms with Gasteiger partial charge in [0, 0.05) is 5.92 Å². The third kappa shape index (κ3) is 1.68. The zero-order chi connectivity index (χ0) is 9.30. The molecule has 0 spiro atoms. The molecule has 0 radical (unpaired) electrons. The van der Waals surface area contributed by atoms with E-state index >= 15 is 0 Å². The molecule has 0 N–H and O–H groups in total. The Hall–Kier alpha value is -0.790. The molecule has 0 fully saturated rings. The highest BCUT2D eigenvalue weighted by Gasteiger charge is 2.14. The zero-order valence-electron chi connectivity index (χ0n) is 8.51. The van der Waals surface area contributed by atoms with E-state index in [4.69, 9.17) is 4.42 Å². The molecule has 2 nitrogen and oxygen atoms in total. The van der Waals surface area contributed by atoms with Crippen molar-refractivity contribution >= 4 is 0 Å². The van der Waals surface area contributed by atoms with E-state index in [2.05, 4.69) is 32.7 Å². The average molecular weight is 167 g/mol. The molecule has 0 amide bonds. The molecule has 1 rings (SSSR count). The molecule has 12 heavy (non-hydrogen) atoms. The Morgan fingerprint density at radius 3 is 1.92 bits per heavy atom. The molecule has 0 aliphatic carbocycles. The molecular weight excluding hydrogens is 150 g/mol. The van der Waals surface area contributed by atoms with Crippen molar-refractivity contribution in [1.82, 2.24) is 4.98 Å². The predicted molar refractivity (Wildman–Crippen MR) is 49.4 cm³/mol. The number of oxazole rings is 1. The Labute approximate surface area is 74.0 Å². The van der Waals surface area contributed by atoms with Gasteiger partial charge in [-0.1, -0.05) is 27.7 Å². The molecule has 0 saturated carbocycles. The highest BCUT2D eigenvalue weighted by Crippen LogP contribution is 2.22. The van der Waals surface area contributed by atoms with Gasteiger partial charge in [0.2, 0.25) is 0 Å². The maximum Gasteiger partial charge on any atom is 0.197 e. The van der Waals surface area contributed by atoms with Gasteiger partial charge in [-0.25, -0.2) is 4.98 Å². The summed E-state index contributed by atoms with van der Waals surface area (Å²) in [5.74, 6) is 2.67. The Morgan fingerprint density at radius 1 is 1.08 bits per heavy atom. The van der Waals surface area contributed by atoms with Gasteiger partial charge in [0.15, 0.2) is 5.89 Å². The van der Waals surface area contributed by atoms with Crippen molar-refractivity contribution < 1.29 is 4.42 Å². The summed E-state index contributed by atoms with van der Waals surface area (Å²) in [7, 11) is 0. The van der Waals surface area contributed by atoms with Crippen molar-refractivity contribution in [3.63, 3.8) is 0 Å². The molecule has 0 bridgehead atoms. The van der Waals surface area contributed by atoms with Crippen molar-refractivity contribution in [1.29, 1.82) is 0 Å². The smallest absolute Gasteiger partial charge is 0.197 e. The first kappa shape index (κ1) is 9.30. The lowest BCUT2D eigenvalue weighted by Crippen LogP contribution is -1.91. The Kier molecular flexibility index (Phi) is 2.55. The van der Waals surface area contributed by atoms with E-state index in [9.17, 15) is 0 Å². The van der Waals surface area contributed by atoms with Gasteiger partial charge in [-0.3, -0.25) is 0 Å². The van der Waals surface area contributed by atoms with Crippen LogP contribution in [0.1, 0.15) is 56.9 Å². The minimum absolute atomic E-state index is 0.385. The van der Waals surface area contributed by atoms with Crippen molar-refractivity contribution in [3.05, 3.63) is 17.3 Å². The SMILES string of the molecule is Cc1oc(C(C)C)nc1C(C)C. The maximum atomic E-state index is 5.53. The number of hydrogen-bond donors (Lipinski definition) is 0. The fraction of sp³-hybridized carbons (Fsp3) is 0.700. The summed E-state index contributed by atoms with van der Waals surface area (Å²) in [5.41, 5.74) is 1.10. The lowest BCUT2D eigenvalue weighted by atomic mass is 10.1. The predicted octanol–water partition coefficient (Wildman–Crippen LogP) is 3.23. The van der Waals surface area contributed by atoms with Crippen LogP contribution in [0.4, 0.5) is 0 Å². The van der Waals surface area contributed by atoms with Crippen molar-refractivity contribution in [3.8, 4) is 0 Å². The van der Waals surface area contributed by atoms with E-state index in [-0.39, 0.29) is 0 Å². The number of hydrogen-bond acceptors (Lipinski definition) is 2. The monoisotopic (exact) mass is 167 g/mol. The van der Waals surface area contributed by atoms with E-state index in [0.717, 1.165) is 17.3 Å². The number of aromatic nitrogens is 1. The van der Waals surface area contributed by atoms with Gasteiger partial charge in [-0.15, -0.1) is 0 Å². The average Bonchev–Trinajstić information content (AvgIpc) is 2.30. The molecule has 1 heterocycles. The summed E-state index contributed by atoms with van der Waals surface area (Å²) >= 11 is 0. The third-order valence-corrected chi connectivity index (χ3v) is 1.89. The first-order chi connectivity index (χ1) is 5.52. The van der Waals surface area contributed by atoms with Gasteiger partial charge < -0.3 is 4.42 Å². The normalized spacial score (nSPS) is 11.6. The second-order valence-electron chi connectivity index (χ2n) is 3.80. The topological polar surface area (TPSA) is 26.0 Å². The highest BCUT2D eigenvalue weighted by molar-refractivity contribution is 5.13. The van der Waals surface area contributed by atoms with Gasteiger partial charge in [-0.05, 0) is 12.8 Å². The van der Waals surface area contributed by atoms with Gasteiger partial charge >= 0.3 is 0 Å². The Balaban J connectivity index is 3.00. The lowest BCUT2D eigenvalue weighted by molar-refractivity contribution is 0.449. The third-order valence-electron chi connectivity index (χ3n) is 1.89. The van der Waals surface area contributed by atoms with Crippen LogP contribution < -0.4 is 0 Å². The number of nitrogens with zero attached hydrogens (tertiary/aromatic N) is 1. The fourth-order valence-electron chi connectivity index (χ4n) is 1.21. The number of aryl methyl sites for hydroxylation is 1. The molecule has 0 atom stereocenters. The van der Waals surface area contributed by atoms with Crippen LogP contribution in [0.5, 0.6) is 0 Å². The summed E-state index contributed by atoms with van der Waals surface area (Å²) in [6.07, 6.45) is 0. The van der Waals surface area contributed by atoms with E-state index in [1.54, 1.807) is 0 Å². The van der Waals surface area contributed by atoms with E-state index in [0.29, 0.717) is 11.8 Å². The van der Waals surface area contributed by atoms with Crippen molar-refractivity contribution in [2.45, 2.75) is 46.5 Å². The minimum atomic E-state index is 0.385. The largest absolute Gasteiger partial charge is 0.445 e. The lowest BCUT2D eigenvalue weighted by Gasteiger charge is -1.97. The second-order valence-corrected chi connectivity index (χ2v) is 3.80. The van der Waals surface area contributed by atoms with Crippen LogP contribution in [-0.2, 0) is 0 Å². The fourth-order valence-corrected chi connectivity index (χ4v) is 1.21. The molecule has 0 saturated heterocycles. The molecule has 1 aromatic rings. The summed E-state index contributed by atoms with van der Waals surface area (Å²) < 4.78 is 5.53. The van der Waals surface area contributed by atoms with E-state index in [1.165, 1.54) is 0 Å². The molecule has 0 aromatic carbocycles. The maximum absolute atomic E-state index is 5.53. The van der Waals surface area contributed by atoms with Crippen LogP contribution >= 0.6 is 0 Å². The van der Waals surface area contributed by atoms with Crippen molar-refractivity contribution in [2.75, 3.05) is 0 Å². The molecule has 1 aromatic heterocycles. The van der Waals surface area contributed by atoms with Gasteiger partial charge in [0.25, 0.3) is 0 Å². The number of rotatable bonds is 2. The van der Waals surface area contributed by atoms with E-state index < -0.39 is 0 Å². The molecule has 0 unspecified atom stereocenters. The Morgan fingerprint density at radius 2 is 1.67 bits per heavy atom. The van der Waals surface area contributed by atoms with Crippen molar-refractivity contribution in [2.24, 2.45) is 0 Å². The first-order valence-electron chi connectivity index (χ1n) is 4.49. The van der Waals surface area contributed by atoms with Gasteiger partial charge in [-0.2, -0.15) is 0 Å². The standard InChI is InChI=1S/C10H17NO/c1-6(2)9-8(5)12-10(11-9)7(3)4/h6-7H,1-5H3. The molecule has 2 heteroatoms. The van der Waals surface area contributed by atoms with Crippen LogP contribution in [0.3, 0.4) is 0 Å². The summed E-state index contributed by atoms with van der Waals surface area (Å²) in [6, 6.07) is 0. The molecule has 68 valence electrons. The molecule has 0 aliphatic rings. The summed E-state index contributed by atoms with van der Waals surface area (Å²) in [5, 5.41) is 0. The highest BCUT2D eigenvalue weighted by atomic mass is 16.4. The minimum Gasteiger partial charge on any atom is -0.445 e. The summed E-state index contributed by atoms with van der Waals surface area (Å²) in [6.45, 7) is 10.4. The molecule has 0 aliphatic heterocycles.